The maximum Gasteiger partial charge on any atom is 0.178 e. The molecule has 0 aliphatic heterocycles. The monoisotopic (exact) mass is 310 g/mol. The highest BCUT2D eigenvalue weighted by Crippen LogP contribution is 2.38. The molecule has 5 heteroatoms. The van der Waals surface area contributed by atoms with Crippen molar-refractivity contribution < 1.29 is 4.39 Å². The number of fused-ring (bicyclic) bond motifs is 1. The highest BCUT2D eigenvalue weighted by Gasteiger charge is 2.27. The molecule has 1 aromatic heterocycles. The van der Waals surface area contributed by atoms with Crippen molar-refractivity contribution >= 4 is 35.0 Å². The lowest BCUT2D eigenvalue weighted by molar-refractivity contribution is 0.527. The van der Waals surface area contributed by atoms with Gasteiger partial charge in [0.25, 0.3) is 0 Å². The van der Waals surface area contributed by atoms with Crippen LogP contribution in [-0.2, 0) is 0 Å². The number of hydrogen-bond acceptors (Lipinski definition) is 2. The number of nitrogens with one attached hydrogen (secondary N) is 1. The second-order valence-corrected chi connectivity index (χ2v) is 7.43. The largest absolute Gasteiger partial charge is 0.330 e. The summed E-state index contributed by atoms with van der Waals surface area (Å²) in [5.74, 6) is 0.993. The molecule has 1 aliphatic carbocycles. The van der Waals surface area contributed by atoms with Crippen LogP contribution in [0.3, 0.4) is 0 Å². The summed E-state index contributed by atoms with van der Waals surface area (Å²) in [6.07, 6.45) is 3.57. The summed E-state index contributed by atoms with van der Waals surface area (Å²) in [5, 5.41) is 0.735. The number of nitrogens with zero attached hydrogens (tertiary/aromatic N) is 1. The first kappa shape index (κ1) is 14.1. The van der Waals surface area contributed by atoms with Crippen LogP contribution < -0.4 is 0 Å². The van der Waals surface area contributed by atoms with E-state index in [1.807, 2.05) is 17.8 Å². The number of hydrogen-bond donors (Lipinski definition) is 1. The van der Waals surface area contributed by atoms with E-state index >= 15 is 0 Å². The summed E-state index contributed by atoms with van der Waals surface area (Å²) in [6.45, 7) is 4.01. The molecule has 0 amide bonds. The molecule has 20 heavy (non-hydrogen) atoms. The predicted molar refractivity (Wildman–Crippen MR) is 86.6 cm³/mol. The number of rotatable bonds is 3. The summed E-state index contributed by atoms with van der Waals surface area (Å²) < 4.78 is 16.6. The first-order valence-corrected chi connectivity index (χ1v) is 8.57. The normalized spacial score (nSPS) is 22.8. The van der Waals surface area contributed by atoms with Crippen molar-refractivity contribution in [2.45, 2.75) is 44.4 Å². The average Bonchev–Trinajstić information content (AvgIpc) is 2.95. The molecule has 0 radical (unpaired) electrons. The van der Waals surface area contributed by atoms with Crippen LogP contribution in [-0.4, -0.2) is 20.6 Å². The van der Waals surface area contributed by atoms with E-state index < -0.39 is 0 Å². The fourth-order valence-electron chi connectivity index (χ4n) is 3.15. The molecule has 2 atom stereocenters. The Morgan fingerprint density at radius 3 is 3.00 bits per heavy atom. The Kier molecular flexibility index (Phi) is 3.91. The SMILES string of the molecule is CCSC1CCC(n2c(=S)[nH]c3cc(F)c(C)cc32)C1. The Morgan fingerprint density at radius 1 is 1.45 bits per heavy atom. The highest BCUT2D eigenvalue weighted by molar-refractivity contribution is 7.99. The van der Waals surface area contributed by atoms with E-state index in [4.69, 9.17) is 12.2 Å². The minimum atomic E-state index is -0.174. The molecule has 1 aromatic carbocycles. The van der Waals surface area contributed by atoms with Crippen molar-refractivity contribution in [3.63, 3.8) is 0 Å². The molecule has 0 spiro atoms. The average molecular weight is 310 g/mol. The maximum absolute atomic E-state index is 13.7. The predicted octanol–water partition coefficient (Wildman–Crippen LogP) is 4.99. The van der Waals surface area contributed by atoms with Crippen LogP contribution in [0.25, 0.3) is 11.0 Å². The Morgan fingerprint density at radius 2 is 2.25 bits per heavy atom. The van der Waals surface area contributed by atoms with E-state index in [-0.39, 0.29) is 5.82 Å². The maximum atomic E-state index is 13.7. The van der Waals surface area contributed by atoms with Crippen molar-refractivity contribution in [2.24, 2.45) is 0 Å². The zero-order valence-corrected chi connectivity index (χ0v) is 13.4. The van der Waals surface area contributed by atoms with Gasteiger partial charge in [-0.05, 0) is 61.9 Å². The van der Waals surface area contributed by atoms with E-state index in [9.17, 15) is 4.39 Å². The van der Waals surface area contributed by atoms with Crippen LogP contribution in [0.5, 0.6) is 0 Å². The fraction of sp³-hybridized carbons (Fsp3) is 0.533. The van der Waals surface area contributed by atoms with E-state index in [1.165, 1.54) is 12.2 Å². The number of aromatic nitrogens is 2. The third-order valence-corrected chi connectivity index (χ3v) is 5.65. The summed E-state index contributed by atoms with van der Waals surface area (Å²) in [4.78, 5) is 3.15. The Hall–Kier alpha value is -0.810. The standard InChI is InChI=1S/C15H19FN2S2/c1-3-20-11-5-4-10(7-11)18-14-6-9(2)12(16)8-13(14)17-15(18)19/h6,8,10-11H,3-5,7H2,1-2H3,(H,17,19). The van der Waals surface area contributed by atoms with Gasteiger partial charge in [0, 0.05) is 11.3 Å². The molecule has 0 saturated heterocycles. The number of aromatic amines is 1. The highest BCUT2D eigenvalue weighted by atomic mass is 32.2. The minimum Gasteiger partial charge on any atom is -0.330 e. The van der Waals surface area contributed by atoms with Crippen molar-refractivity contribution in [1.29, 1.82) is 0 Å². The van der Waals surface area contributed by atoms with Crippen LogP contribution in [0.1, 0.15) is 37.8 Å². The van der Waals surface area contributed by atoms with Crippen LogP contribution in [0.15, 0.2) is 12.1 Å². The molecular formula is C15H19FN2S2. The van der Waals surface area contributed by atoms with E-state index in [1.54, 1.807) is 13.0 Å². The number of benzene rings is 1. The topological polar surface area (TPSA) is 20.7 Å². The first-order chi connectivity index (χ1) is 9.60. The molecule has 1 N–H and O–H groups in total. The third-order valence-electron chi connectivity index (χ3n) is 4.12. The molecule has 108 valence electrons. The third kappa shape index (κ3) is 2.42. The Balaban J connectivity index is 2.02. The number of H-pyrrole nitrogens is 1. The van der Waals surface area contributed by atoms with Crippen LogP contribution in [0, 0.1) is 17.5 Å². The van der Waals surface area contributed by atoms with Gasteiger partial charge in [0.2, 0.25) is 0 Å². The first-order valence-electron chi connectivity index (χ1n) is 7.12. The Labute approximate surface area is 127 Å². The summed E-state index contributed by atoms with van der Waals surface area (Å²) >= 11 is 7.50. The molecule has 1 fully saturated rings. The lowest BCUT2D eigenvalue weighted by Crippen LogP contribution is -2.06. The molecule has 3 rings (SSSR count). The van der Waals surface area contributed by atoms with Crippen molar-refractivity contribution in [2.75, 3.05) is 5.75 Å². The van der Waals surface area contributed by atoms with Crippen LogP contribution >= 0.6 is 24.0 Å². The van der Waals surface area contributed by atoms with Gasteiger partial charge in [-0.2, -0.15) is 11.8 Å². The number of halogens is 1. The van der Waals surface area contributed by atoms with E-state index in [0.717, 1.165) is 33.9 Å². The molecule has 0 bridgehead atoms. The van der Waals surface area contributed by atoms with Crippen molar-refractivity contribution in [3.8, 4) is 0 Å². The van der Waals surface area contributed by atoms with Gasteiger partial charge in [-0.25, -0.2) is 4.39 Å². The van der Waals surface area contributed by atoms with Gasteiger partial charge in [-0.1, -0.05) is 6.92 Å². The molecule has 1 aliphatic rings. The van der Waals surface area contributed by atoms with E-state index in [2.05, 4.69) is 16.5 Å². The minimum absolute atomic E-state index is 0.174. The van der Waals surface area contributed by atoms with Crippen molar-refractivity contribution in [1.82, 2.24) is 9.55 Å². The molecule has 2 nitrogen and oxygen atoms in total. The lowest BCUT2D eigenvalue weighted by Gasteiger charge is -2.14. The van der Waals surface area contributed by atoms with Gasteiger partial charge < -0.3 is 9.55 Å². The summed E-state index contributed by atoms with van der Waals surface area (Å²) in [5.41, 5.74) is 2.53. The lowest BCUT2D eigenvalue weighted by atomic mass is 10.2. The van der Waals surface area contributed by atoms with Gasteiger partial charge >= 0.3 is 0 Å². The second kappa shape index (κ2) is 5.53. The second-order valence-electron chi connectivity index (χ2n) is 5.46. The van der Waals surface area contributed by atoms with Gasteiger partial charge in [0.15, 0.2) is 4.77 Å². The van der Waals surface area contributed by atoms with Crippen LogP contribution in [0.2, 0.25) is 0 Å². The zero-order valence-electron chi connectivity index (χ0n) is 11.8. The molecule has 1 heterocycles. The zero-order chi connectivity index (χ0) is 14.3. The van der Waals surface area contributed by atoms with Crippen LogP contribution in [0.4, 0.5) is 4.39 Å². The summed E-state index contributed by atoms with van der Waals surface area (Å²) in [6, 6.07) is 3.92. The van der Waals surface area contributed by atoms with Gasteiger partial charge in [0.05, 0.1) is 11.0 Å². The quantitative estimate of drug-likeness (QED) is 0.806. The molecule has 1 saturated carbocycles. The van der Waals surface area contributed by atoms with Gasteiger partial charge in [-0.3, -0.25) is 0 Å². The molecule has 2 aromatic rings. The number of aryl methyl sites for hydroxylation is 1. The fourth-order valence-corrected chi connectivity index (χ4v) is 4.64. The number of thioether (sulfide) groups is 1. The molecule has 2 unspecified atom stereocenters. The van der Waals surface area contributed by atoms with Gasteiger partial charge in [-0.15, -0.1) is 0 Å². The smallest absolute Gasteiger partial charge is 0.178 e. The van der Waals surface area contributed by atoms with Crippen molar-refractivity contribution in [3.05, 3.63) is 28.3 Å². The van der Waals surface area contributed by atoms with Gasteiger partial charge in [0.1, 0.15) is 5.82 Å². The number of imidazole rings is 1. The molecular weight excluding hydrogens is 291 g/mol. The summed E-state index contributed by atoms with van der Waals surface area (Å²) in [7, 11) is 0. The Bertz CT molecular complexity index is 689. The van der Waals surface area contributed by atoms with E-state index in [0.29, 0.717) is 11.6 Å².